The van der Waals surface area contributed by atoms with Crippen molar-refractivity contribution in [2.45, 2.75) is 65.2 Å². The average molecular weight is 475 g/mol. The number of aromatic nitrogens is 2. The summed E-state index contributed by atoms with van der Waals surface area (Å²) in [6.45, 7) is 10.7. The van der Waals surface area contributed by atoms with Gasteiger partial charge in [0, 0.05) is 28.9 Å². The van der Waals surface area contributed by atoms with E-state index in [1.165, 1.54) is 11.3 Å². The number of anilines is 1. The van der Waals surface area contributed by atoms with Crippen molar-refractivity contribution in [1.82, 2.24) is 15.3 Å². The highest BCUT2D eigenvalue weighted by molar-refractivity contribution is 7.13. The monoisotopic (exact) mass is 474 g/mol. The second kappa shape index (κ2) is 9.30. The number of fused-ring (bicyclic) bond motifs is 1. The number of benzene rings is 1. The number of hydrogen-bond donors (Lipinski definition) is 3. The van der Waals surface area contributed by atoms with E-state index in [0.29, 0.717) is 23.0 Å². The molecule has 3 rings (SSSR count). The van der Waals surface area contributed by atoms with Crippen molar-refractivity contribution in [3.63, 3.8) is 0 Å². The molecule has 1 aromatic carbocycles. The van der Waals surface area contributed by atoms with Crippen LogP contribution in [0.4, 0.5) is 14.7 Å². The summed E-state index contributed by atoms with van der Waals surface area (Å²) in [6.07, 6.45) is 0.939. The molecule has 33 heavy (non-hydrogen) atoms. The summed E-state index contributed by atoms with van der Waals surface area (Å²) in [6, 6.07) is 4.79. The number of carbonyl (C=O) groups is 2. The lowest BCUT2D eigenvalue weighted by Crippen LogP contribution is -2.35. The first-order valence-corrected chi connectivity index (χ1v) is 11.4. The molecular formula is C23H30N4O5S. The first kappa shape index (κ1) is 24.4. The molecule has 3 aromatic rings. The van der Waals surface area contributed by atoms with Crippen LogP contribution in [0.2, 0.25) is 0 Å². The molecule has 0 bridgehead atoms. The molecule has 9 nitrogen and oxygen atoms in total. The molecule has 0 saturated carbocycles. The molecule has 1 amide bonds. The van der Waals surface area contributed by atoms with Crippen LogP contribution in [0.5, 0.6) is 5.75 Å². The van der Waals surface area contributed by atoms with E-state index >= 15 is 0 Å². The van der Waals surface area contributed by atoms with Crippen molar-refractivity contribution in [2.24, 2.45) is 0 Å². The van der Waals surface area contributed by atoms with Crippen molar-refractivity contribution in [2.75, 3.05) is 5.73 Å². The van der Waals surface area contributed by atoms with Crippen LogP contribution in [0.25, 0.3) is 10.9 Å². The smallest absolute Gasteiger partial charge is 0.444 e. The minimum atomic E-state index is -0.777. The summed E-state index contributed by atoms with van der Waals surface area (Å²) >= 11 is 1.30. The molecule has 2 heterocycles. The molecule has 0 saturated heterocycles. The Bertz CT molecular complexity index is 1140. The zero-order valence-corrected chi connectivity index (χ0v) is 20.5. The number of alkyl carbamates (subject to hydrolysis) is 1. The van der Waals surface area contributed by atoms with E-state index in [0.717, 1.165) is 16.5 Å². The number of hydrogen-bond acceptors (Lipinski definition) is 8. The fourth-order valence-electron chi connectivity index (χ4n) is 3.12. The van der Waals surface area contributed by atoms with Gasteiger partial charge in [0.15, 0.2) is 5.13 Å². The van der Waals surface area contributed by atoms with Crippen LogP contribution in [-0.4, -0.2) is 33.4 Å². The maximum absolute atomic E-state index is 12.5. The van der Waals surface area contributed by atoms with Crippen molar-refractivity contribution in [1.29, 1.82) is 0 Å². The van der Waals surface area contributed by atoms with Crippen LogP contribution in [0, 0.1) is 0 Å². The Morgan fingerprint density at radius 2 is 1.85 bits per heavy atom. The van der Waals surface area contributed by atoms with Gasteiger partial charge in [0.05, 0.1) is 11.7 Å². The summed E-state index contributed by atoms with van der Waals surface area (Å²) in [7, 11) is 0. The Labute approximate surface area is 196 Å². The number of rotatable bonds is 5. The maximum Gasteiger partial charge on any atom is 0.514 e. The van der Waals surface area contributed by atoms with Crippen molar-refractivity contribution in [3.8, 4) is 5.75 Å². The number of nitrogens with one attached hydrogen (secondary N) is 2. The average Bonchev–Trinajstić information content (AvgIpc) is 3.24. The third-order valence-electron chi connectivity index (χ3n) is 4.34. The summed E-state index contributed by atoms with van der Waals surface area (Å²) in [5.74, 6) is 0.354. The zero-order valence-electron chi connectivity index (χ0n) is 19.6. The topological polar surface area (TPSA) is 129 Å². The van der Waals surface area contributed by atoms with Crippen molar-refractivity contribution < 1.29 is 23.8 Å². The lowest BCUT2D eigenvalue weighted by atomic mass is 10.0. The Kier molecular flexibility index (Phi) is 6.87. The van der Waals surface area contributed by atoms with Gasteiger partial charge in [-0.1, -0.05) is 0 Å². The molecule has 1 atom stereocenters. The third kappa shape index (κ3) is 7.11. The molecule has 10 heteroatoms. The number of nitrogen functional groups attached to an aromatic ring is 1. The molecule has 0 radical (unpaired) electrons. The highest BCUT2D eigenvalue weighted by atomic mass is 32.1. The lowest BCUT2D eigenvalue weighted by Gasteiger charge is -2.23. The van der Waals surface area contributed by atoms with Crippen LogP contribution in [0.1, 0.15) is 58.8 Å². The van der Waals surface area contributed by atoms with E-state index in [9.17, 15) is 9.59 Å². The standard InChI is InChI=1S/C23H30N4O5S/c1-22(2,3)31-20(28)27-17(18-12-33-19(24)26-18)9-13-11-25-16-8-7-14(10-15(13)16)30-21(29)32-23(4,5)6/h7-8,10-12,17,25H,9H2,1-6H3,(H2,24,26)(H,27,28)/t17-/m0/s1. The summed E-state index contributed by atoms with van der Waals surface area (Å²) in [5, 5.41) is 5.95. The van der Waals surface area contributed by atoms with Gasteiger partial charge >= 0.3 is 12.2 Å². The number of ether oxygens (including phenoxy) is 3. The Morgan fingerprint density at radius 1 is 1.15 bits per heavy atom. The van der Waals surface area contributed by atoms with Gasteiger partial charge in [-0.2, -0.15) is 0 Å². The van der Waals surface area contributed by atoms with Crippen LogP contribution in [0.3, 0.4) is 0 Å². The number of aromatic amines is 1. The molecule has 0 aliphatic rings. The fraction of sp³-hybridized carbons (Fsp3) is 0.435. The fourth-order valence-corrected chi connectivity index (χ4v) is 3.73. The van der Waals surface area contributed by atoms with E-state index in [4.69, 9.17) is 19.9 Å². The molecule has 0 aliphatic carbocycles. The number of nitrogens with zero attached hydrogens (tertiary/aromatic N) is 1. The highest BCUT2D eigenvalue weighted by Gasteiger charge is 2.24. The number of amides is 1. The van der Waals surface area contributed by atoms with Gasteiger partial charge in [-0.15, -0.1) is 11.3 Å². The van der Waals surface area contributed by atoms with Crippen LogP contribution < -0.4 is 15.8 Å². The molecule has 0 unspecified atom stereocenters. The van der Waals surface area contributed by atoms with Crippen LogP contribution in [0.15, 0.2) is 29.8 Å². The normalized spacial score (nSPS) is 12.9. The first-order valence-electron chi connectivity index (χ1n) is 10.5. The molecule has 178 valence electrons. The minimum Gasteiger partial charge on any atom is -0.444 e. The van der Waals surface area contributed by atoms with E-state index < -0.39 is 29.5 Å². The van der Waals surface area contributed by atoms with Gasteiger partial charge in [-0.05, 0) is 65.3 Å². The van der Waals surface area contributed by atoms with Crippen LogP contribution >= 0.6 is 11.3 Å². The minimum absolute atomic E-state index is 0.354. The summed E-state index contributed by atoms with van der Waals surface area (Å²) < 4.78 is 16.0. The molecule has 0 aliphatic heterocycles. The first-order chi connectivity index (χ1) is 15.3. The molecule has 0 fully saturated rings. The third-order valence-corrected chi connectivity index (χ3v) is 5.03. The number of H-pyrrole nitrogens is 1. The Hall–Kier alpha value is -3.27. The van der Waals surface area contributed by atoms with Gasteiger partial charge in [0.2, 0.25) is 0 Å². The zero-order chi connectivity index (χ0) is 24.4. The number of nitrogens with two attached hydrogens (primary N) is 1. The largest absolute Gasteiger partial charge is 0.514 e. The number of thiazole rings is 1. The van der Waals surface area contributed by atoms with Gasteiger partial charge in [-0.3, -0.25) is 0 Å². The summed E-state index contributed by atoms with van der Waals surface area (Å²) in [5.41, 5.74) is 6.92. The van der Waals surface area contributed by atoms with Gasteiger partial charge in [0.25, 0.3) is 0 Å². The van der Waals surface area contributed by atoms with Crippen molar-refractivity contribution in [3.05, 3.63) is 41.0 Å². The second-order valence-electron chi connectivity index (χ2n) is 9.60. The molecular weight excluding hydrogens is 444 g/mol. The molecule has 4 N–H and O–H groups in total. The van der Waals surface area contributed by atoms with Crippen LogP contribution in [-0.2, 0) is 15.9 Å². The van der Waals surface area contributed by atoms with Crippen molar-refractivity contribution >= 4 is 39.6 Å². The Balaban J connectivity index is 1.84. The predicted octanol–water partition coefficient (Wildman–Crippen LogP) is 5.33. The number of carbonyl (C=O) groups excluding carboxylic acids is 2. The lowest BCUT2D eigenvalue weighted by molar-refractivity contribution is 0.0206. The van der Waals surface area contributed by atoms with Gasteiger partial charge < -0.3 is 30.2 Å². The van der Waals surface area contributed by atoms with E-state index in [-0.39, 0.29) is 0 Å². The van der Waals surface area contributed by atoms with E-state index in [2.05, 4.69) is 15.3 Å². The second-order valence-corrected chi connectivity index (χ2v) is 10.5. The van der Waals surface area contributed by atoms with Gasteiger partial charge in [-0.25, -0.2) is 14.6 Å². The highest BCUT2D eigenvalue weighted by Crippen LogP contribution is 2.29. The van der Waals surface area contributed by atoms with E-state index in [1.807, 2.05) is 17.6 Å². The quantitative estimate of drug-likeness (QED) is 0.337. The maximum atomic E-state index is 12.5. The van der Waals surface area contributed by atoms with Gasteiger partial charge in [0.1, 0.15) is 17.0 Å². The summed E-state index contributed by atoms with van der Waals surface area (Å²) in [4.78, 5) is 32.1. The predicted molar refractivity (Wildman–Crippen MR) is 128 cm³/mol. The molecule has 2 aromatic heterocycles. The molecule has 0 spiro atoms. The van der Waals surface area contributed by atoms with E-state index in [1.54, 1.807) is 53.7 Å². The SMILES string of the molecule is CC(C)(C)OC(=O)N[C@@H](Cc1c[nH]c2ccc(OC(=O)OC(C)(C)C)cc12)c1csc(N)n1. The Morgan fingerprint density at radius 3 is 2.45 bits per heavy atom.